The lowest BCUT2D eigenvalue weighted by Crippen LogP contribution is -2.41. The van der Waals surface area contributed by atoms with Crippen molar-refractivity contribution in [2.24, 2.45) is 0 Å². The van der Waals surface area contributed by atoms with E-state index in [4.69, 9.17) is 0 Å². The fourth-order valence-electron chi connectivity index (χ4n) is 4.55. The second-order valence-corrected chi connectivity index (χ2v) is 8.47. The maximum Gasteiger partial charge on any atom is 0.315 e. The molecule has 2 aromatic carbocycles. The van der Waals surface area contributed by atoms with E-state index in [2.05, 4.69) is 45.9 Å². The summed E-state index contributed by atoms with van der Waals surface area (Å²) in [5.41, 5.74) is 3.39. The van der Waals surface area contributed by atoms with Gasteiger partial charge in [-0.2, -0.15) is 0 Å². The maximum absolute atomic E-state index is 12.5. The van der Waals surface area contributed by atoms with Crippen molar-refractivity contribution in [3.8, 4) is 0 Å². The Hall–Kier alpha value is -2.86. The van der Waals surface area contributed by atoms with E-state index in [-0.39, 0.29) is 18.0 Å². The summed E-state index contributed by atoms with van der Waals surface area (Å²) in [6, 6.07) is 18.6. The summed E-state index contributed by atoms with van der Waals surface area (Å²) in [6.45, 7) is 4.70. The minimum Gasteiger partial charge on any atom is -0.338 e. The summed E-state index contributed by atoms with van der Waals surface area (Å²) >= 11 is 0. The van der Waals surface area contributed by atoms with Crippen LogP contribution in [-0.4, -0.2) is 47.9 Å². The molecule has 6 nitrogen and oxygen atoms in total. The molecule has 0 spiro atoms. The lowest BCUT2D eigenvalue weighted by molar-refractivity contribution is -0.128. The number of carbonyl (C=O) groups is 2. The van der Waals surface area contributed by atoms with Crippen LogP contribution in [0.3, 0.4) is 0 Å². The van der Waals surface area contributed by atoms with Crippen LogP contribution in [0.5, 0.6) is 0 Å². The highest BCUT2D eigenvalue weighted by Gasteiger charge is 2.24. The highest BCUT2D eigenvalue weighted by atomic mass is 16.2. The first-order chi connectivity index (χ1) is 15.2. The minimum absolute atomic E-state index is 0.153. The largest absolute Gasteiger partial charge is 0.338 e. The molecular weight excluding hydrogens is 388 g/mol. The molecular formula is C25H32N4O2. The van der Waals surface area contributed by atoms with Gasteiger partial charge in [0.25, 0.3) is 0 Å². The maximum atomic E-state index is 12.5. The summed E-state index contributed by atoms with van der Waals surface area (Å²) in [7, 11) is 0. The van der Waals surface area contributed by atoms with Gasteiger partial charge < -0.3 is 15.5 Å². The van der Waals surface area contributed by atoms with Crippen LogP contribution in [0.2, 0.25) is 0 Å². The number of hydrogen-bond donors (Lipinski definition) is 2. The van der Waals surface area contributed by atoms with Gasteiger partial charge in [-0.05, 0) is 49.0 Å². The molecule has 0 saturated carbocycles. The Morgan fingerprint density at radius 3 is 2.42 bits per heavy atom. The molecule has 2 aliphatic heterocycles. The fourth-order valence-corrected chi connectivity index (χ4v) is 4.55. The number of carbonyl (C=O) groups excluding carboxylic acids is 2. The van der Waals surface area contributed by atoms with Crippen molar-refractivity contribution in [1.82, 2.24) is 20.4 Å². The van der Waals surface area contributed by atoms with Crippen molar-refractivity contribution in [2.45, 2.75) is 44.8 Å². The predicted octanol–water partition coefficient (Wildman–Crippen LogP) is 3.45. The number of rotatable bonds is 8. The number of likely N-dealkylation sites (tertiary alicyclic amines) is 2. The molecule has 0 aliphatic carbocycles. The molecule has 4 rings (SSSR count). The smallest absolute Gasteiger partial charge is 0.315 e. The predicted molar refractivity (Wildman–Crippen MR) is 121 cm³/mol. The van der Waals surface area contributed by atoms with Crippen LogP contribution in [0.25, 0.3) is 0 Å². The Balaban J connectivity index is 1.28. The van der Waals surface area contributed by atoms with Crippen molar-refractivity contribution in [1.29, 1.82) is 0 Å². The second-order valence-electron chi connectivity index (χ2n) is 8.47. The van der Waals surface area contributed by atoms with Crippen LogP contribution in [0, 0.1) is 0 Å². The average Bonchev–Trinajstić information content (AvgIpc) is 3.46. The quantitative estimate of drug-likeness (QED) is 0.688. The van der Waals surface area contributed by atoms with E-state index in [9.17, 15) is 9.59 Å². The Morgan fingerprint density at radius 1 is 0.903 bits per heavy atom. The van der Waals surface area contributed by atoms with Crippen LogP contribution in [-0.2, 0) is 17.9 Å². The van der Waals surface area contributed by atoms with Gasteiger partial charge >= 0.3 is 6.03 Å². The highest BCUT2D eigenvalue weighted by Crippen LogP contribution is 2.24. The van der Waals surface area contributed by atoms with Gasteiger partial charge in [-0.25, -0.2) is 4.79 Å². The summed E-state index contributed by atoms with van der Waals surface area (Å²) < 4.78 is 0. The monoisotopic (exact) mass is 420 g/mol. The summed E-state index contributed by atoms with van der Waals surface area (Å²) in [6.07, 6.45) is 4.04. The number of amides is 3. The first-order valence-corrected chi connectivity index (χ1v) is 11.4. The number of nitrogens with zero attached hydrogens (tertiary/aromatic N) is 2. The van der Waals surface area contributed by atoms with Gasteiger partial charge in [-0.15, -0.1) is 0 Å². The molecule has 2 N–H and O–H groups in total. The van der Waals surface area contributed by atoms with E-state index in [1.54, 1.807) is 0 Å². The van der Waals surface area contributed by atoms with Gasteiger partial charge in [0.2, 0.25) is 5.91 Å². The molecule has 2 fully saturated rings. The molecule has 0 aromatic heterocycles. The third-order valence-electron chi connectivity index (χ3n) is 6.21. The minimum atomic E-state index is -0.153. The molecule has 2 aliphatic rings. The van der Waals surface area contributed by atoms with Crippen molar-refractivity contribution in [3.05, 3.63) is 71.3 Å². The van der Waals surface area contributed by atoms with Gasteiger partial charge in [0.15, 0.2) is 0 Å². The Kier molecular flexibility index (Phi) is 7.20. The third-order valence-corrected chi connectivity index (χ3v) is 6.21. The second kappa shape index (κ2) is 10.4. The lowest BCUT2D eigenvalue weighted by Gasteiger charge is -2.28. The van der Waals surface area contributed by atoms with E-state index in [0.29, 0.717) is 26.1 Å². The highest BCUT2D eigenvalue weighted by molar-refractivity contribution is 5.78. The van der Waals surface area contributed by atoms with E-state index in [1.165, 1.54) is 18.4 Å². The van der Waals surface area contributed by atoms with Gasteiger partial charge in [0.05, 0.1) is 6.04 Å². The number of nitrogens with one attached hydrogen (secondary N) is 2. The van der Waals surface area contributed by atoms with Crippen LogP contribution in [0.4, 0.5) is 4.79 Å². The van der Waals surface area contributed by atoms with Crippen molar-refractivity contribution in [3.63, 3.8) is 0 Å². The van der Waals surface area contributed by atoms with Crippen LogP contribution in [0.15, 0.2) is 54.6 Å². The lowest BCUT2D eigenvalue weighted by atomic mass is 10.1. The zero-order chi connectivity index (χ0) is 21.5. The molecule has 2 aromatic rings. The number of hydrogen-bond acceptors (Lipinski definition) is 3. The Bertz CT molecular complexity index is 880. The Labute approximate surface area is 184 Å². The summed E-state index contributed by atoms with van der Waals surface area (Å²) in [4.78, 5) is 28.7. The molecule has 1 atom stereocenters. The van der Waals surface area contributed by atoms with Gasteiger partial charge in [0, 0.05) is 32.6 Å². The van der Waals surface area contributed by atoms with E-state index in [0.717, 1.165) is 37.2 Å². The molecule has 6 heteroatoms. The number of urea groups is 1. The summed E-state index contributed by atoms with van der Waals surface area (Å²) in [5.74, 6) is 0.230. The average molecular weight is 421 g/mol. The zero-order valence-electron chi connectivity index (χ0n) is 18.1. The van der Waals surface area contributed by atoms with E-state index < -0.39 is 0 Å². The summed E-state index contributed by atoms with van der Waals surface area (Å²) in [5, 5.41) is 6.04. The van der Waals surface area contributed by atoms with Gasteiger partial charge in [-0.1, -0.05) is 54.6 Å². The molecule has 2 heterocycles. The standard InChI is InChI=1S/C25H32N4O2/c30-24-12-7-15-29(24)19-21-9-6-8-20(16-21)17-26-25(31)27-18-23(28-13-4-5-14-28)22-10-2-1-3-11-22/h1-3,6,8-11,16,23H,4-5,7,12-15,17-19H2,(H2,26,27,31). The molecule has 3 amide bonds. The van der Waals surface area contributed by atoms with Crippen molar-refractivity contribution < 1.29 is 9.59 Å². The topological polar surface area (TPSA) is 64.7 Å². The Morgan fingerprint density at radius 2 is 1.68 bits per heavy atom. The van der Waals surface area contributed by atoms with Crippen LogP contribution < -0.4 is 10.6 Å². The SMILES string of the molecule is O=C(NCc1cccc(CN2CCCC2=O)c1)NCC(c1ccccc1)N1CCCC1. The molecule has 164 valence electrons. The molecule has 2 saturated heterocycles. The van der Waals surface area contributed by atoms with Crippen molar-refractivity contribution in [2.75, 3.05) is 26.2 Å². The van der Waals surface area contributed by atoms with Crippen LogP contribution in [0.1, 0.15) is 48.4 Å². The fraction of sp³-hybridized carbons (Fsp3) is 0.440. The van der Waals surface area contributed by atoms with E-state index >= 15 is 0 Å². The molecule has 1 unspecified atom stereocenters. The van der Waals surface area contributed by atoms with Gasteiger partial charge in [0.1, 0.15) is 0 Å². The normalized spacial score (nSPS) is 17.7. The first kappa shape index (κ1) is 21.4. The molecule has 31 heavy (non-hydrogen) atoms. The van der Waals surface area contributed by atoms with Crippen molar-refractivity contribution >= 4 is 11.9 Å². The number of benzene rings is 2. The molecule has 0 bridgehead atoms. The third kappa shape index (κ3) is 5.85. The van der Waals surface area contributed by atoms with Crippen LogP contribution >= 0.6 is 0 Å². The first-order valence-electron chi connectivity index (χ1n) is 11.4. The molecule has 0 radical (unpaired) electrons. The van der Waals surface area contributed by atoms with E-state index in [1.807, 2.05) is 29.2 Å². The van der Waals surface area contributed by atoms with Gasteiger partial charge in [-0.3, -0.25) is 9.69 Å². The zero-order valence-corrected chi connectivity index (χ0v) is 18.1.